The van der Waals surface area contributed by atoms with E-state index in [0.29, 0.717) is 5.13 Å². The Morgan fingerprint density at radius 2 is 2.10 bits per heavy atom. The standard InChI is InChI=1S/C11H12N4O3S2/c1-15(2)20(17,18)9-5-3-4-8(6-9)10(16)13-11-14-12-7-19-11/h3-7H,1-2H3,(H,13,14,16). The highest BCUT2D eigenvalue weighted by molar-refractivity contribution is 7.89. The lowest BCUT2D eigenvalue weighted by molar-refractivity contribution is 0.102. The normalized spacial score (nSPS) is 11.6. The van der Waals surface area contributed by atoms with Crippen LogP contribution in [0.2, 0.25) is 0 Å². The van der Waals surface area contributed by atoms with Gasteiger partial charge in [0, 0.05) is 19.7 Å². The average molecular weight is 312 g/mol. The van der Waals surface area contributed by atoms with Crippen molar-refractivity contribution in [3.8, 4) is 0 Å². The number of anilines is 1. The molecule has 0 bridgehead atoms. The number of aromatic nitrogens is 2. The summed E-state index contributed by atoms with van der Waals surface area (Å²) < 4.78 is 25.1. The fraction of sp³-hybridized carbons (Fsp3) is 0.182. The first-order valence-corrected chi connectivity index (χ1v) is 7.83. The molecule has 1 N–H and O–H groups in total. The molecule has 2 rings (SSSR count). The lowest BCUT2D eigenvalue weighted by Gasteiger charge is -2.11. The average Bonchev–Trinajstić information content (AvgIpc) is 2.91. The Balaban J connectivity index is 2.28. The minimum atomic E-state index is -3.57. The third-order valence-electron chi connectivity index (χ3n) is 2.46. The number of carbonyl (C=O) groups is 1. The second-order valence-corrected chi connectivity index (χ2v) is 7.00. The number of carbonyl (C=O) groups excluding carboxylic acids is 1. The summed E-state index contributed by atoms with van der Waals surface area (Å²) in [5.74, 6) is -0.433. The number of hydrogen-bond donors (Lipinski definition) is 1. The van der Waals surface area contributed by atoms with Crippen molar-refractivity contribution in [2.45, 2.75) is 4.90 Å². The summed E-state index contributed by atoms with van der Waals surface area (Å²) in [4.78, 5) is 12.0. The summed E-state index contributed by atoms with van der Waals surface area (Å²) in [5, 5.41) is 10.2. The molecule has 0 radical (unpaired) electrons. The van der Waals surface area contributed by atoms with Gasteiger partial charge in [-0.3, -0.25) is 10.1 Å². The van der Waals surface area contributed by atoms with E-state index in [1.807, 2.05) is 0 Å². The number of nitrogens with one attached hydrogen (secondary N) is 1. The van der Waals surface area contributed by atoms with Gasteiger partial charge in [0.15, 0.2) is 0 Å². The number of nitrogens with zero attached hydrogens (tertiary/aromatic N) is 3. The van der Waals surface area contributed by atoms with E-state index in [4.69, 9.17) is 0 Å². The Morgan fingerprint density at radius 3 is 2.70 bits per heavy atom. The molecule has 0 unspecified atom stereocenters. The zero-order chi connectivity index (χ0) is 14.8. The van der Waals surface area contributed by atoms with Crippen molar-refractivity contribution in [1.29, 1.82) is 0 Å². The molecule has 0 saturated heterocycles. The maximum absolute atomic E-state index is 12.0. The fourth-order valence-corrected chi connectivity index (χ4v) is 2.79. The first kappa shape index (κ1) is 14.6. The van der Waals surface area contributed by atoms with Crippen LogP contribution in [0.4, 0.5) is 5.13 Å². The van der Waals surface area contributed by atoms with Gasteiger partial charge >= 0.3 is 0 Å². The molecule has 1 aromatic carbocycles. The summed E-state index contributed by atoms with van der Waals surface area (Å²) in [5.41, 5.74) is 1.73. The predicted molar refractivity (Wildman–Crippen MR) is 75.2 cm³/mol. The molecule has 9 heteroatoms. The lowest BCUT2D eigenvalue weighted by atomic mass is 10.2. The van der Waals surface area contributed by atoms with Crippen molar-refractivity contribution in [2.24, 2.45) is 0 Å². The topological polar surface area (TPSA) is 92.3 Å². The van der Waals surface area contributed by atoms with Gasteiger partial charge in [0.2, 0.25) is 15.2 Å². The van der Waals surface area contributed by atoms with Crippen LogP contribution < -0.4 is 5.32 Å². The Hall–Kier alpha value is -1.84. The van der Waals surface area contributed by atoms with Crippen molar-refractivity contribution in [3.63, 3.8) is 0 Å². The minimum Gasteiger partial charge on any atom is -0.296 e. The van der Waals surface area contributed by atoms with Crippen molar-refractivity contribution in [3.05, 3.63) is 35.3 Å². The zero-order valence-corrected chi connectivity index (χ0v) is 12.4. The van der Waals surface area contributed by atoms with Crippen molar-refractivity contribution >= 4 is 32.4 Å². The molecule has 2 aromatic rings. The smallest absolute Gasteiger partial charge is 0.257 e. The molecule has 1 aromatic heterocycles. The second kappa shape index (κ2) is 5.65. The summed E-state index contributed by atoms with van der Waals surface area (Å²) in [7, 11) is -0.699. The molecule has 0 spiro atoms. The van der Waals surface area contributed by atoms with Gasteiger partial charge in [-0.2, -0.15) is 0 Å². The predicted octanol–water partition coefficient (Wildman–Crippen LogP) is 1.04. The second-order valence-electron chi connectivity index (χ2n) is 4.01. The van der Waals surface area contributed by atoms with Gasteiger partial charge in [-0.25, -0.2) is 12.7 Å². The summed E-state index contributed by atoms with van der Waals surface area (Å²) >= 11 is 1.18. The van der Waals surface area contributed by atoms with Crippen LogP contribution in [-0.2, 0) is 10.0 Å². The van der Waals surface area contributed by atoms with E-state index in [-0.39, 0.29) is 10.5 Å². The molecular formula is C11H12N4O3S2. The maximum atomic E-state index is 12.0. The van der Waals surface area contributed by atoms with E-state index >= 15 is 0 Å². The van der Waals surface area contributed by atoms with Crippen LogP contribution in [0.5, 0.6) is 0 Å². The van der Waals surface area contributed by atoms with E-state index in [2.05, 4.69) is 15.5 Å². The fourth-order valence-electron chi connectivity index (χ4n) is 1.41. The van der Waals surface area contributed by atoms with Gasteiger partial charge in [0.25, 0.3) is 5.91 Å². The largest absolute Gasteiger partial charge is 0.296 e. The van der Waals surface area contributed by atoms with Gasteiger partial charge < -0.3 is 0 Å². The lowest BCUT2D eigenvalue weighted by Crippen LogP contribution is -2.22. The van der Waals surface area contributed by atoms with Gasteiger partial charge in [-0.05, 0) is 18.2 Å². The highest BCUT2D eigenvalue weighted by Gasteiger charge is 2.19. The third kappa shape index (κ3) is 3.00. The molecule has 0 aliphatic carbocycles. The van der Waals surface area contributed by atoms with Crippen LogP contribution in [0.1, 0.15) is 10.4 Å². The number of rotatable bonds is 4. The number of amides is 1. The van der Waals surface area contributed by atoms with Gasteiger partial charge in [-0.1, -0.05) is 17.4 Å². The van der Waals surface area contributed by atoms with Crippen molar-refractivity contribution in [1.82, 2.24) is 14.5 Å². The molecule has 20 heavy (non-hydrogen) atoms. The van der Waals surface area contributed by atoms with Crippen LogP contribution in [-0.4, -0.2) is 42.9 Å². The first-order chi connectivity index (χ1) is 9.41. The Labute approximate surface area is 120 Å². The van der Waals surface area contributed by atoms with Gasteiger partial charge in [-0.15, -0.1) is 10.2 Å². The molecule has 1 amide bonds. The van der Waals surface area contributed by atoms with Crippen LogP contribution in [0.25, 0.3) is 0 Å². The van der Waals surface area contributed by atoms with E-state index in [1.54, 1.807) is 0 Å². The first-order valence-electron chi connectivity index (χ1n) is 5.51. The maximum Gasteiger partial charge on any atom is 0.257 e. The van der Waals surface area contributed by atoms with Gasteiger partial charge in [0.05, 0.1) is 4.90 Å². The van der Waals surface area contributed by atoms with Crippen molar-refractivity contribution < 1.29 is 13.2 Å². The molecular weight excluding hydrogens is 300 g/mol. The number of hydrogen-bond acceptors (Lipinski definition) is 6. The van der Waals surface area contributed by atoms with Crippen LogP contribution in [0.15, 0.2) is 34.7 Å². The Kier molecular flexibility index (Phi) is 4.12. The van der Waals surface area contributed by atoms with Gasteiger partial charge in [0.1, 0.15) is 5.51 Å². The molecule has 1 heterocycles. The quantitative estimate of drug-likeness (QED) is 0.910. The number of benzene rings is 1. The molecule has 0 atom stereocenters. The summed E-state index contributed by atoms with van der Waals surface area (Å²) in [6.45, 7) is 0. The van der Waals surface area contributed by atoms with E-state index in [9.17, 15) is 13.2 Å². The van der Waals surface area contributed by atoms with E-state index in [0.717, 1.165) is 4.31 Å². The molecule has 0 saturated carbocycles. The SMILES string of the molecule is CN(C)S(=O)(=O)c1cccc(C(=O)Nc2nncs2)c1. The number of sulfonamides is 1. The highest BCUT2D eigenvalue weighted by atomic mass is 32.2. The van der Waals surface area contributed by atoms with Crippen molar-refractivity contribution in [2.75, 3.05) is 19.4 Å². The minimum absolute atomic E-state index is 0.0624. The Bertz CT molecular complexity index is 711. The Morgan fingerprint density at radius 1 is 1.35 bits per heavy atom. The molecule has 0 aliphatic heterocycles. The van der Waals surface area contributed by atoms with Crippen LogP contribution in [0.3, 0.4) is 0 Å². The summed E-state index contributed by atoms with van der Waals surface area (Å²) in [6.07, 6.45) is 0. The molecule has 0 fully saturated rings. The monoisotopic (exact) mass is 312 g/mol. The molecule has 0 aliphatic rings. The third-order valence-corrected chi connectivity index (χ3v) is 4.87. The van der Waals surface area contributed by atoms with E-state index in [1.165, 1.54) is 55.2 Å². The molecule has 7 nitrogen and oxygen atoms in total. The molecule has 106 valence electrons. The van der Waals surface area contributed by atoms with E-state index < -0.39 is 15.9 Å². The van der Waals surface area contributed by atoms with Crippen LogP contribution >= 0.6 is 11.3 Å². The van der Waals surface area contributed by atoms with Crippen LogP contribution in [0, 0.1) is 0 Å². The summed E-state index contributed by atoms with van der Waals surface area (Å²) in [6, 6.07) is 5.82. The highest BCUT2D eigenvalue weighted by Crippen LogP contribution is 2.16. The zero-order valence-electron chi connectivity index (χ0n) is 10.8.